The first-order chi connectivity index (χ1) is 13.1. The molecule has 2 heterocycles. The number of likely N-dealkylation sites (tertiary alicyclic amines) is 1. The van der Waals surface area contributed by atoms with Crippen LogP contribution in [0.4, 0.5) is 0 Å². The molecular weight excluding hydrogens is 380 g/mol. The predicted octanol–water partition coefficient (Wildman–Crippen LogP) is 5.04. The largest absolute Gasteiger partial charge is 0.482 e. The Bertz CT molecular complexity index is 931. The zero-order chi connectivity index (χ0) is 18.8. The Balaban J connectivity index is 1.33. The van der Waals surface area contributed by atoms with Crippen molar-refractivity contribution in [1.82, 2.24) is 9.88 Å². The molecule has 6 heteroatoms. The first kappa shape index (κ1) is 18.3. The molecule has 3 aromatic rings. The molecule has 0 unspecified atom stereocenters. The highest BCUT2D eigenvalue weighted by Gasteiger charge is 2.26. The minimum absolute atomic E-state index is 0.00956. The van der Waals surface area contributed by atoms with E-state index >= 15 is 0 Å². The summed E-state index contributed by atoms with van der Waals surface area (Å²) >= 11 is 7.90. The van der Waals surface area contributed by atoms with Gasteiger partial charge in [-0.25, -0.2) is 4.98 Å². The van der Waals surface area contributed by atoms with Crippen molar-refractivity contribution in [1.29, 1.82) is 0 Å². The van der Waals surface area contributed by atoms with Gasteiger partial charge in [-0.05, 0) is 49.6 Å². The van der Waals surface area contributed by atoms with Gasteiger partial charge in [0.05, 0.1) is 20.2 Å². The van der Waals surface area contributed by atoms with E-state index in [0.717, 1.165) is 37.0 Å². The molecule has 0 spiro atoms. The number of aromatic nitrogens is 1. The molecule has 0 aliphatic carbocycles. The lowest BCUT2D eigenvalue weighted by Gasteiger charge is -2.31. The maximum atomic E-state index is 12.5. The van der Waals surface area contributed by atoms with E-state index in [1.807, 2.05) is 36.1 Å². The fraction of sp³-hybridized carbons (Fsp3) is 0.333. The van der Waals surface area contributed by atoms with E-state index in [2.05, 4.69) is 12.1 Å². The van der Waals surface area contributed by atoms with Gasteiger partial charge in [0, 0.05) is 19.0 Å². The molecule has 1 saturated heterocycles. The lowest BCUT2D eigenvalue weighted by atomic mass is 9.97. The van der Waals surface area contributed by atoms with Gasteiger partial charge in [-0.15, -0.1) is 11.3 Å². The number of carbonyl (C=O) groups is 1. The zero-order valence-electron chi connectivity index (χ0n) is 15.2. The maximum absolute atomic E-state index is 12.5. The number of halogens is 1. The highest BCUT2D eigenvalue weighted by atomic mass is 35.5. The van der Waals surface area contributed by atoms with E-state index in [1.165, 1.54) is 9.71 Å². The van der Waals surface area contributed by atoms with Gasteiger partial charge in [0.1, 0.15) is 5.75 Å². The van der Waals surface area contributed by atoms with E-state index in [9.17, 15) is 4.79 Å². The van der Waals surface area contributed by atoms with Crippen LogP contribution in [0.5, 0.6) is 5.75 Å². The summed E-state index contributed by atoms with van der Waals surface area (Å²) in [5.41, 5.74) is 2.12. The monoisotopic (exact) mass is 400 g/mol. The molecule has 140 valence electrons. The van der Waals surface area contributed by atoms with Crippen molar-refractivity contribution in [2.75, 3.05) is 19.7 Å². The summed E-state index contributed by atoms with van der Waals surface area (Å²) in [6, 6.07) is 13.8. The number of hydrogen-bond acceptors (Lipinski definition) is 4. The van der Waals surface area contributed by atoms with Gasteiger partial charge in [-0.1, -0.05) is 29.8 Å². The normalized spacial score (nSPS) is 15.3. The number of ether oxygens (including phenoxy) is 1. The van der Waals surface area contributed by atoms with Crippen molar-refractivity contribution < 1.29 is 9.53 Å². The Labute approximate surface area is 167 Å². The molecule has 0 N–H and O–H groups in total. The average Bonchev–Trinajstić information content (AvgIpc) is 3.13. The van der Waals surface area contributed by atoms with Crippen LogP contribution in [0.3, 0.4) is 0 Å². The average molecular weight is 401 g/mol. The highest BCUT2D eigenvalue weighted by Crippen LogP contribution is 2.34. The van der Waals surface area contributed by atoms with Crippen molar-refractivity contribution >= 4 is 39.1 Å². The molecule has 1 aliphatic rings. The van der Waals surface area contributed by atoms with Crippen molar-refractivity contribution in [3.05, 3.63) is 58.1 Å². The van der Waals surface area contributed by atoms with Crippen LogP contribution in [0.1, 0.15) is 29.3 Å². The molecular formula is C21H21ClN2O2S. The molecule has 0 saturated carbocycles. The SMILES string of the molecule is Cc1ccc(Cl)c(OCC(=O)N2CCC(c3nc4ccccc4s3)CC2)c1. The van der Waals surface area contributed by atoms with Crippen LogP contribution >= 0.6 is 22.9 Å². The molecule has 1 aromatic heterocycles. The fourth-order valence-corrected chi connectivity index (χ4v) is 4.70. The predicted molar refractivity (Wildman–Crippen MR) is 110 cm³/mol. The van der Waals surface area contributed by atoms with Gasteiger partial charge in [0.15, 0.2) is 6.61 Å². The standard InChI is InChI=1S/C21H21ClN2O2S/c1-14-6-7-16(22)18(12-14)26-13-20(25)24-10-8-15(9-11-24)21-23-17-4-2-3-5-19(17)27-21/h2-7,12,15H,8-11,13H2,1H3. The Hall–Kier alpha value is -2.11. The van der Waals surface area contributed by atoms with Crippen molar-refractivity contribution in [3.63, 3.8) is 0 Å². The van der Waals surface area contributed by atoms with Crippen molar-refractivity contribution in [3.8, 4) is 5.75 Å². The molecule has 4 nitrogen and oxygen atoms in total. The minimum atomic E-state index is 0.00956. The molecule has 1 fully saturated rings. The second-order valence-electron chi connectivity index (χ2n) is 6.90. The number of amides is 1. The molecule has 0 atom stereocenters. The third kappa shape index (κ3) is 4.09. The van der Waals surface area contributed by atoms with Crippen LogP contribution in [-0.2, 0) is 4.79 Å². The molecule has 1 aliphatic heterocycles. The van der Waals surface area contributed by atoms with Gasteiger partial charge >= 0.3 is 0 Å². The van der Waals surface area contributed by atoms with Gasteiger partial charge < -0.3 is 9.64 Å². The number of carbonyl (C=O) groups excluding carboxylic acids is 1. The quantitative estimate of drug-likeness (QED) is 0.615. The topological polar surface area (TPSA) is 42.4 Å². The van der Waals surface area contributed by atoms with Crippen LogP contribution < -0.4 is 4.74 Å². The molecule has 4 rings (SSSR count). The lowest BCUT2D eigenvalue weighted by Crippen LogP contribution is -2.40. The number of rotatable bonds is 4. The van der Waals surface area contributed by atoms with E-state index in [0.29, 0.717) is 16.7 Å². The minimum Gasteiger partial charge on any atom is -0.482 e. The summed E-state index contributed by atoms with van der Waals surface area (Å²) in [4.78, 5) is 19.2. The number of benzene rings is 2. The van der Waals surface area contributed by atoms with Crippen LogP contribution in [-0.4, -0.2) is 35.5 Å². The Morgan fingerprint density at radius 3 is 2.81 bits per heavy atom. The maximum Gasteiger partial charge on any atom is 0.260 e. The van der Waals surface area contributed by atoms with Gasteiger partial charge in [0.25, 0.3) is 5.91 Å². The number of fused-ring (bicyclic) bond motifs is 1. The third-order valence-corrected chi connectivity index (χ3v) is 6.46. The number of piperidine rings is 1. The molecule has 2 aromatic carbocycles. The van der Waals surface area contributed by atoms with Crippen molar-refractivity contribution in [2.24, 2.45) is 0 Å². The highest BCUT2D eigenvalue weighted by molar-refractivity contribution is 7.18. The van der Waals surface area contributed by atoms with Gasteiger partial charge in [0.2, 0.25) is 0 Å². The summed E-state index contributed by atoms with van der Waals surface area (Å²) < 4.78 is 6.88. The first-order valence-electron chi connectivity index (χ1n) is 9.12. The summed E-state index contributed by atoms with van der Waals surface area (Å²) in [5.74, 6) is 1.00. The van der Waals surface area contributed by atoms with E-state index < -0.39 is 0 Å². The van der Waals surface area contributed by atoms with E-state index in [1.54, 1.807) is 17.4 Å². The van der Waals surface area contributed by atoms with E-state index in [4.69, 9.17) is 21.3 Å². The second kappa shape index (κ2) is 7.87. The number of hydrogen-bond donors (Lipinski definition) is 0. The number of aryl methyl sites for hydroxylation is 1. The first-order valence-corrected chi connectivity index (χ1v) is 10.3. The Morgan fingerprint density at radius 1 is 1.26 bits per heavy atom. The summed E-state index contributed by atoms with van der Waals surface area (Å²) in [7, 11) is 0. The second-order valence-corrected chi connectivity index (χ2v) is 8.37. The van der Waals surface area contributed by atoms with Gasteiger partial charge in [-0.2, -0.15) is 0 Å². The summed E-state index contributed by atoms with van der Waals surface area (Å²) in [5, 5.41) is 1.72. The van der Waals surface area contributed by atoms with Crippen LogP contribution in [0.25, 0.3) is 10.2 Å². The molecule has 1 amide bonds. The fourth-order valence-electron chi connectivity index (χ4n) is 3.39. The lowest BCUT2D eigenvalue weighted by molar-refractivity contribution is -0.134. The van der Waals surface area contributed by atoms with Crippen LogP contribution in [0.2, 0.25) is 5.02 Å². The van der Waals surface area contributed by atoms with E-state index in [-0.39, 0.29) is 12.5 Å². The van der Waals surface area contributed by atoms with Gasteiger partial charge in [-0.3, -0.25) is 4.79 Å². The summed E-state index contributed by atoms with van der Waals surface area (Å²) in [6.45, 7) is 3.47. The molecule has 27 heavy (non-hydrogen) atoms. The van der Waals surface area contributed by atoms with Crippen LogP contribution in [0.15, 0.2) is 42.5 Å². The Kier molecular flexibility index (Phi) is 5.32. The smallest absolute Gasteiger partial charge is 0.260 e. The number of para-hydroxylation sites is 1. The Morgan fingerprint density at radius 2 is 2.04 bits per heavy atom. The summed E-state index contributed by atoms with van der Waals surface area (Å²) in [6.07, 6.45) is 1.88. The van der Waals surface area contributed by atoms with Crippen LogP contribution in [0, 0.1) is 6.92 Å². The zero-order valence-corrected chi connectivity index (χ0v) is 16.7. The molecule has 0 radical (unpaired) electrons. The third-order valence-electron chi connectivity index (χ3n) is 4.95. The molecule has 0 bridgehead atoms. The number of thiazole rings is 1. The number of nitrogens with zero attached hydrogens (tertiary/aromatic N) is 2. The van der Waals surface area contributed by atoms with Crippen molar-refractivity contribution in [2.45, 2.75) is 25.7 Å².